The summed E-state index contributed by atoms with van der Waals surface area (Å²) in [5.74, 6) is 1.00. The minimum Gasteiger partial charge on any atom is -0.358 e. The number of nitrogens with zero attached hydrogens (tertiary/aromatic N) is 1. The Morgan fingerprint density at radius 2 is 2.13 bits per heavy atom. The lowest BCUT2D eigenvalue weighted by Gasteiger charge is -2.23. The topological polar surface area (TPSA) is 61.4 Å². The summed E-state index contributed by atoms with van der Waals surface area (Å²) in [4.78, 5) is 25.9. The molecule has 2 atom stereocenters. The van der Waals surface area contributed by atoms with E-state index in [4.69, 9.17) is 0 Å². The minimum absolute atomic E-state index is 0.0249. The van der Waals surface area contributed by atoms with Gasteiger partial charge in [-0.1, -0.05) is 13.8 Å². The minimum atomic E-state index is 0.0249. The van der Waals surface area contributed by atoms with Crippen LogP contribution in [0.2, 0.25) is 0 Å². The molecule has 2 amide bonds. The lowest BCUT2D eigenvalue weighted by molar-refractivity contribution is -0.122. The third-order valence-electron chi connectivity index (χ3n) is 4.51. The van der Waals surface area contributed by atoms with Crippen molar-refractivity contribution >= 4 is 23.2 Å². The van der Waals surface area contributed by atoms with Gasteiger partial charge in [-0.15, -0.1) is 0 Å². The van der Waals surface area contributed by atoms with E-state index in [9.17, 15) is 9.59 Å². The number of carbonyl (C=O) groups is 2. The predicted octanol–water partition coefficient (Wildman–Crippen LogP) is 1.50. The van der Waals surface area contributed by atoms with Crippen molar-refractivity contribution in [3.63, 3.8) is 0 Å². The molecule has 1 aromatic rings. The quantitative estimate of drug-likeness (QED) is 0.793. The van der Waals surface area contributed by atoms with Crippen LogP contribution in [-0.2, 0) is 16.0 Å². The van der Waals surface area contributed by atoms with Crippen molar-refractivity contribution in [3.05, 3.63) is 22.4 Å². The summed E-state index contributed by atoms with van der Waals surface area (Å²) >= 11 is 1.66. The van der Waals surface area contributed by atoms with E-state index in [0.717, 1.165) is 19.5 Å². The summed E-state index contributed by atoms with van der Waals surface area (Å²) < 4.78 is 0. The summed E-state index contributed by atoms with van der Waals surface area (Å²) in [6.07, 6.45) is 1.31. The van der Waals surface area contributed by atoms with Gasteiger partial charge in [-0.2, -0.15) is 11.3 Å². The standard InChI is InChI=1S/C17H27N3O2S/c1-12(2)14-8-20(10-17(22)18-3)9-15(14)19-16(21)5-4-13-6-7-23-11-13/h6-7,11-12,14-15H,4-5,8-10H2,1-3H3,(H,18,22)(H,19,21)/t14-,15+/m0/s1. The Balaban J connectivity index is 1.85. The highest BCUT2D eigenvalue weighted by Crippen LogP contribution is 2.24. The molecule has 1 aliphatic heterocycles. The number of hydrogen-bond acceptors (Lipinski definition) is 4. The Kier molecular flexibility index (Phi) is 6.59. The van der Waals surface area contributed by atoms with E-state index in [1.807, 2.05) is 5.38 Å². The number of nitrogens with one attached hydrogen (secondary N) is 2. The maximum absolute atomic E-state index is 12.2. The Hall–Kier alpha value is -1.40. The second-order valence-corrected chi connectivity index (χ2v) is 7.36. The second kappa shape index (κ2) is 8.45. The van der Waals surface area contributed by atoms with E-state index in [2.05, 4.69) is 40.8 Å². The Bertz CT molecular complexity index is 516. The van der Waals surface area contributed by atoms with Gasteiger partial charge in [0.15, 0.2) is 0 Å². The molecule has 1 fully saturated rings. The van der Waals surface area contributed by atoms with Crippen LogP contribution in [0.25, 0.3) is 0 Å². The van der Waals surface area contributed by atoms with Crippen molar-refractivity contribution in [2.24, 2.45) is 11.8 Å². The smallest absolute Gasteiger partial charge is 0.233 e. The van der Waals surface area contributed by atoms with Crippen molar-refractivity contribution in [2.75, 3.05) is 26.7 Å². The van der Waals surface area contributed by atoms with Gasteiger partial charge in [-0.3, -0.25) is 14.5 Å². The lowest BCUT2D eigenvalue weighted by Crippen LogP contribution is -2.42. The number of carbonyl (C=O) groups excluding carboxylic acids is 2. The molecule has 0 aromatic carbocycles. The molecule has 1 aliphatic rings. The molecular weight excluding hydrogens is 310 g/mol. The summed E-state index contributed by atoms with van der Waals surface area (Å²) in [6, 6.07) is 2.20. The molecule has 0 saturated carbocycles. The van der Waals surface area contributed by atoms with Crippen molar-refractivity contribution in [3.8, 4) is 0 Å². The Morgan fingerprint density at radius 1 is 1.35 bits per heavy atom. The average Bonchev–Trinajstić information content (AvgIpc) is 3.14. The number of rotatable bonds is 7. The molecule has 0 bridgehead atoms. The molecule has 0 spiro atoms. The lowest BCUT2D eigenvalue weighted by atomic mass is 9.91. The van der Waals surface area contributed by atoms with Crippen LogP contribution < -0.4 is 10.6 Å². The highest BCUT2D eigenvalue weighted by molar-refractivity contribution is 7.07. The van der Waals surface area contributed by atoms with Crippen LogP contribution in [0.4, 0.5) is 0 Å². The fraction of sp³-hybridized carbons (Fsp3) is 0.647. The predicted molar refractivity (Wildman–Crippen MR) is 93.4 cm³/mol. The molecule has 128 valence electrons. The zero-order valence-corrected chi connectivity index (χ0v) is 15.0. The first-order valence-electron chi connectivity index (χ1n) is 8.23. The third kappa shape index (κ3) is 5.32. The number of aryl methyl sites for hydroxylation is 1. The van der Waals surface area contributed by atoms with Crippen LogP contribution in [0.3, 0.4) is 0 Å². The molecule has 6 heteroatoms. The van der Waals surface area contributed by atoms with E-state index in [0.29, 0.717) is 24.8 Å². The van der Waals surface area contributed by atoms with Crippen molar-refractivity contribution < 1.29 is 9.59 Å². The number of thiophene rings is 1. The Labute approximate surface area is 142 Å². The van der Waals surface area contributed by atoms with E-state index < -0.39 is 0 Å². The van der Waals surface area contributed by atoms with Crippen molar-refractivity contribution in [1.82, 2.24) is 15.5 Å². The van der Waals surface area contributed by atoms with Gasteiger partial charge in [-0.05, 0) is 40.6 Å². The third-order valence-corrected chi connectivity index (χ3v) is 5.24. The molecule has 5 nitrogen and oxygen atoms in total. The van der Waals surface area contributed by atoms with Gasteiger partial charge >= 0.3 is 0 Å². The van der Waals surface area contributed by atoms with E-state index in [1.54, 1.807) is 18.4 Å². The number of likely N-dealkylation sites (N-methyl/N-ethyl adjacent to an activating group) is 1. The fourth-order valence-corrected chi connectivity index (χ4v) is 3.83. The first kappa shape index (κ1) is 17.9. The second-order valence-electron chi connectivity index (χ2n) is 6.58. The molecule has 2 rings (SSSR count). The van der Waals surface area contributed by atoms with Crippen LogP contribution >= 0.6 is 11.3 Å². The monoisotopic (exact) mass is 337 g/mol. The van der Waals surface area contributed by atoms with Gasteiger partial charge in [-0.25, -0.2) is 0 Å². The van der Waals surface area contributed by atoms with Gasteiger partial charge in [0.25, 0.3) is 0 Å². The molecule has 0 radical (unpaired) electrons. The maximum atomic E-state index is 12.2. The van der Waals surface area contributed by atoms with Gasteiger partial charge < -0.3 is 10.6 Å². The zero-order chi connectivity index (χ0) is 16.8. The fourth-order valence-electron chi connectivity index (χ4n) is 3.12. The first-order chi connectivity index (χ1) is 11.0. The SMILES string of the molecule is CNC(=O)CN1C[C@@H](NC(=O)CCc2ccsc2)[C@H](C(C)C)C1. The van der Waals surface area contributed by atoms with Crippen molar-refractivity contribution in [2.45, 2.75) is 32.7 Å². The summed E-state index contributed by atoms with van der Waals surface area (Å²) in [7, 11) is 1.65. The largest absolute Gasteiger partial charge is 0.358 e. The highest BCUT2D eigenvalue weighted by atomic mass is 32.1. The average molecular weight is 337 g/mol. The van der Waals surface area contributed by atoms with Crippen molar-refractivity contribution in [1.29, 1.82) is 0 Å². The van der Waals surface area contributed by atoms with Crippen LogP contribution in [-0.4, -0.2) is 49.4 Å². The zero-order valence-electron chi connectivity index (χ0n) is 14.2. The summed E-state index contributed by atoms with van der Waals surface area (Å²) in [6.45, 7) is 6.37. The van der Waals surface area contributed by atoms with Crippen LogP contribution in [0.15, 0.2) is 16.8 Å². The van der Waals surface area contributed by atoms with E-state index >= 15 is 0 Å². The molecular formula is C17H27N3O2S. The highest BCUT2D eigenvalue weighted by Gasteiger charge is 2.35. The Morgan fingerprint density at radius 3 is 2.74 bits per heavy atom. The van der Waals surface area contributed by atoms with Crippen LogP contribution in [0, 0.1) is 11.8 Å². The molecule has 2 N–H and O–H groups in total. The van der Waals surface area contributed by atoms with E-state index in [-0.39, 0.29) is 17.9 Å². The molecule has 2 heterocycles. The van der Waals surface area contributed by atoms with Crippen LogP contribution in [0.5, 0.6) is 0 Å². The summed E-state index contributed by atoms with van der Waals surface area (Å²) in [5.41, 5.74) is 1.22. The molecule has 0 unspecified atom stereocenters. The molecule has 1 aromatic heterocycles. The molecule has 1 saturated heterocycles. The number of amides is 2. The molecule has 0 aliphatic carbocycles. The normalized spacial score (nSPS) is 21.6. The van der Waals surface area contributed by atoms with Crippen LogP contribution in [0.1, 0.15) is 25.8 Å². The maximum Gasteiger partial charge on any atom is 0.233 e. The number of hydrogen-bond donors (Lipinski definition) is 2. The van der Waals surface area contributed by atoms with E-state index in [1.165, 1.54) is 5.56 Å². The van der Waals surface area contributed by atoms with Gasteiger partial charge in [0.1, 0.15) is 0 Å². The molecule has 23 heavy (non-hydrogen) atoms. The summed E-state index contributed by atoms with van der Waals surface area (Å²) in [5, 5.41) is 9.97. The first-order valence-corrected chi connectivity index (χ1v) is 9.17. The van der Waals surface area contributed by atoms with Gasteiger partial charge in [0, 0.05) is 32.6 Å². The number of likely N-dealkylation sites (tertiary alicyclic amines) is 1. The van der Waals surface area contributed by atoms with Gasteiger partial charge in [0.05, 0.1) is 6.54 Å². The van der Waals surface area contributed by atoms with Gasteiger partial charge in [0.2, 0.25) is 11.8 Å².